The highest BCUT2D eigenvalue weighted by Crippen LogP contribution is 2.26. The zero-order valence-electron chi connectivity index (χ0n) is 6.53. The standard InChI is InChI=1S/C9H6Br3F/c10-3-1-2-7-8(12)4-6(11)5-9(7)13/h1-2,4-5H,3H2. The number of halogens is 4. The summed E-state index contributed by atoms with van der Waals surface area (Å²) < 4.78 is 14.8. The van der Waals surface area contributed by atoms with Gasteiger partial charge >= 0.3 is 0 Å². The molecule has 0 nitrogen and oxygen atoms in total. The SMILES string of the molecule is Fc1cc(Br)cc(Br)c1C=CCBr. The average molecular weight is 373 g/mol. The third kappa shape index (κ3) is 3.18. The van der Waals surface area contributed by atoms with Gasteiger partial charge in [-0.3, -0.25) is 0 Å². The second kappa shape index (κ2) is 5.27. The summed E-state index contributed by atoms with van der Waals surface area (Å²) >= 11 is 9.74. The Balaban J connectivity index is 3.13. The maximum atomic E-state index is 13.3. The maximum absolute atomic E-state index is 13.3. The molecule has 1 aromatic carbocycles. The van der Waals surface area contributed by atoms with Gasteiger partial charge in [-0.15, -0.1) is 0 Å². The molecule has 0 aliphatic heterocycles. The summed E-state index contributed by atoms with van der Waals surface area (Å²) in [6.45, 7) is 0. The first-order valence-corrected chi connectivity index (χ1v) is 6.23. The minimum Gasteiger partial charge on any atom is -0.206 e. The van der Waals surface area contributed by atoms with E-state index in [1.807, 2.05) is 12.1 Å². The molecule has 13 heavy (non-hydrogen) atoms. The van der Waals surface area contributed by atoms with E-state index in [4.69, 9.17) is 0 Å². The molecule has 4 heteroatoms. The highest BCUT2D eigenvalue weighted by atomic mass is 79.9. The Kier molecular flexibility index (Phi) is 4.62. The van der Waals surface area contributed by atoms with Gasteiger partial charge in [0, 0.05) is 19.8 Å². The number of benzene rings is 1. The van der Waals surface area contributed by atoms with Gasteiger partial charge in [-0.25, -0.2) is 4.39 Å². The lowest BCUT2D eigenvalue weighted by Gasteiger charge is -2.01. The van der Waals surface area contributed by atoms with Crippen molar-refractivity contribution in [1.82, 2.24) is 0 Å². The van der Waals surface area contributed by atoms with Crippen LogP contribution in [0.5, 0.6) is 0 Å². The Morgan fingerprint density at radius 2 is 2.00 bits per heavy atom. The molecule has 0 heterocycles. The van der Waals surface area contributed by atoms with Crippen molar-refractivity contribution in [2.45, 2.75) is 0 Å². The van der Waals surface area contributed by atoms with Crippen LogP contribution in [0, 0.1) is 5.82 Å². The summed E-state index contributed by atoms with van der Waals surface area (Å²) in [6, 6.07) is 3.26. The molecule has 0 aromatic heterocycles. The van der Waals surface area contributed by atoms with Crippen LogP contribution in [0.25, 0.3) is 6.08 Å². The molecule has 0 radical (unpaired) electrons. The van der Waals surface area contributed by atoms with E-state index in [1.54, 1.807) is 6.08 Å². The maximum Gasteiger partial charge on any atom is 0.132 e. The highest BCUT2D eigenvalue weighted by Gasteiger charge is 2.04. The highest BCUT2D eigenvalue weighted by molar-refractivity contribution is 9.11. The van der Waals surface area contributed by atoms with Crippen molar-refractivity contribution in [2.24, 2.45) is 0 Å². The summed E-state index contributed by atoms with van der Waals surface area (Å²) in [7, 11) is 0. The van der Waals surface area contributed by atoms with Gasteiger partial charge in [0.05, 0.1) is 0 Å². The van der Waals surface area contributed by atoms with E-state index in [1.165, 1.54) is 6.07 Å². The van der Waals surface area contributed by atoms with E-state index < -0.39 is 0 Å². The van der Waals surface area contributed by atoms with Crippen molar-refractivity contribution in [2.75, 3.05) is 5.33 Å². The fourth-order valence-corrected chi connectivity index (χ4v) is 2.37. The summed E-state index contributed by atoms with van der Waals surface area (Å²) in [5.41, 5.74) is 0.572. The van der Waals surface area contributed by atoms with Crippen LogP contribution in [0.3, 0.4) is 0 Å². The Morgan fingerprint density at radius 3 is 2.54 bits per heavy atom. The lowest BCUT2D eigenvalue weighted by molar-refractivity contribution is 0.623. The Morgan fingerprint density at radius 1 is 1.31 bits per heavy atom. The zero-order valence-corrected chi connectivity index (χ0v) is 11.3. The molecule has 0 spiro atoms. The van der Waals surface area contributed by atoms with Crippen molar-refractivity contribution < 1.29 is 4.39 Å². The molecule has 0 saturated carbocycles. The van der Waals surface area contributed by atoms with Crippen molar-refractivity contribution in [3.05, 3.63) is 38.5 Å². The van der Waals surface area contributed by atoms with E-state index in [2.05, 4.69) is 47.8 Å². The summed E-state index contributed by atoms with van der Waals surface area (Å²) in [5.74, 6) is -0.238. The molecule has 0 amide bonds. The Bertz CT molecular complexity index is 311. The third-order valence-corrected chi connectivity index (χ3v) is 2.91. The molecule has 1 aromatic rings. The molecule has 0 fully saturated rings. The summed E-state index contributed by atoms with van der Waals surface area (Å²) in [6.07, 6.45) is 3.58. The van der Waals surface area contributed by atoms with E-state index in [9.17, 15) is 4.39 Å². The molecular formula is C9H6Br3F. The van der Waals surface area contributed by atoms with Crippen LogP contribution in [0.4, 0.5) is 4.39 Å². The lowest BCUT2D eigenvalue weighted by Crippen LogP contribution is -1.84. The van der Waals surface area contributed by atoms with Gasteiger partial charge in [0.1, 0.15) is 5.82 Å². The van der Waals surface area contributed by atoms with Crippen LogP contribution >= 0.6 is 47.8 Å². The van der Waals surface area contributed by atoms with E-state index >= 15 is 0 Å². The first-order chi connectivity index (χ1) is 6.15. The number of alkyl halides is 1. The monoisotopic (exact) mass is 370 g/mol. The molecule has 70 valence electrons. The molecular weight excluding hydrogens is 367 g/mol. The number of rotatable bonds is 2. The van der Waals surface area contributed by atoms with Crippen molar-refractivity contribution in [3.63, 3.8) is 0 Å². The fourth-order valence-electron chi connectivity index (χ4n) is 0.875. The van der Waals surface area contributed by atoms with Crippen LogP contribution in [0.15, 0.2) is 27.2 Å². The minimum absolute atomic E-state index is 0.238. The van der Waals surface area contributed by atoms with Crippen LogP contribution in [-0.4, -0.2) is 5.33 Å². The molecule has 0 aliphatic rings. The summed E-state index contributed by atoms with van der Waals surface area (Å²) in [4.78, 5) is 0. The number of hydrogen-bond acceptors (Lipinski definition) is 0. The molecule has 1 rings (SSSR count). The van der Waals surface area contributed by atoms with Crippen LogP contribution < -0.4 is 0 Å². The van der Waals surface area contributed by atoms with Gasteiger partial charge in [0.15, 0.2) is 0 Å². The minimum atomic E-state index is -0.238. The van der Waals surface area contributed by atoms with Crippen molar-refractivity contribution in [1.29, 1.82) is 0 Å². The second-order valence-electron chi connectivity index (χ2n) is 2.34. The lowest BCUT2D eigenvalue weighted by atomic mass is 10.2. The van der Waals surface area contributed by atoms with Gasteiger partial charge in [-0.05, 0) is 12.1 Å². The first kappa shape index (κ1) is 11.4. The van der Waals surface area contributed by atoms with Gasteiger partial charge in [-0.1, -0.05) is 59.9 Å². The molecule has 0 bridgehead atoms. The van der Waals surface area contributed by atoms with Gasteiger partial charge in [0.25, 0.3) is 0 Å². The fraction of sp³-hybridized carbons (Fsp3) is 0.111. The van der Waals surface area contributed by atoms with Gasteiger partial charge in [0.2, 0.25) is 0 Å². The normalized spacial score (nSPS) is 11.1. The predicted molar refractivity (Wildman–Crippen MR) is 64.6 cm³/mol. The Hall–Kier alpha value is 0.330. The predicted octanol–water partition coefficient (Wildman–Crippen LogP) is 4.76. The van der Waals surface area contributed by atoms with Crippen LogP contribution in [0.1, 0.15) is 5.56 Å². The first-order valence-electron chi connectivity index (χ1n) is 3.52. The average Bonchev–Trinajstić information content (AvgIpc) is 2.02. The van der Waals surface area contributed by atoms with Crippen LogP contribution in [0.2, 0.25) is 0 Å². The van der Waals surface area contributed by atoms with Crippen LogP contribution in [-0.2, 0) is 0 Å². The second-order valence-corrected chi connectivity index (χ2v) is 4.76. The number of hydrogen-bond donors (Lipinski definition) is 0. The zero-order chi connectivity index (χ0) is 9.84. The quantitative estimate of drug-likeness (QED) is 0.657. The van der Waals surface area contributed by atoms with E-state index in [0.29, 0.717) is 5.56 Å². The third-order valence-electron chi connectivity index (χ3n) is 1.42. The molecule has 0 aliphatic carbocycles. The molecule has 0 saturated heterocycles. The smallest absolute Gasteiger partial charge is 0.132 e. The largest absolute Gasteiger partial charge is 0.206 e. The molecule has 0 unspecified atom stereocenters. The van der Waals surface area contributed by atoms with E-state index in [-0.39, 0.29) is 5.82 Å². The summed E-state index contributed by atoms with van der Waals surface area (Å²) in [5, 5.41) is 0.717. The van der Waals surface area contributed by atoms with Crippen molar-refractivity contribution >= 4 is 53.9 Å². The van der Waals surface area contributed by atoms with Gasteiger partial charge < -0.3 is 0 Å². The van der Waals surface area contributed by atoms with Gasteiger partial charge in [-0.2, -0.15) is 0 Å². The molecule has 0 N–H and O–H groups in total. The topological polar surface area (TPSA) is 0 Å². The van der Waals surface area contributed by atoms with E-state index in [0.717, 1.165) is 14.3 Å². The molecule has 0 atom stereocenters. The number of allylic oxidation sites excluding steroid dienone is 1. The Labute approximate surface area is 102 Å². The van der Waals surface area contributed by atoms with Crippen molar-refractivity contribution in [3.8, 4) is 0 Å².